The van der Waals surface area contributed by atoms with Gasteiger partial charge in [0.1, 0.15) is 12.4 Å². The third-order valence-electron chi connectivity index (χ3n) is 3.29. The van der Waals surface area contributed by atoms with E-state index in [9.17, 15) is 0 Å². The first-order valence-electron chi connectivity index (χ1n) is 6.84. The van der Waals surface area contributed by atoms with Crippen molar-refractivity contribution in [3.05, 3.63) is 89.4 Å². The van der Waals surface area contributed by atoms with Gasteiger partial charge in [-0.1, -0.05) is 66.2 Å². The first-order chi connectivity index (χ1) is 10.3. The molecule has 0 fully saturated rings. The Morgan fingerprint density at radius 2 is 1.38 bits per heavy atom. The lowest BCUT2D eigenvalue weighted by Crippen LogP contribution is -1.96. The molecule has 0 aliphatic carbocycles. The number of benzene rings is 3. The summed E-state index contributed by atoms with van der Waals surface area (Å²) in [5, 5.41) is 0.727. The molecule has 0 atom stereocenters. The van der Waals surface area contributed by atoms with Gasteiger partial charge in [-0.05, 0) is 35.4 Å². The van der Waals surface area contributed by atoms with Gasteiger partial charge in [0, 0.05) is 10.6 Å². The van der Waals surface area contributed by atoms with Crippen LogP contribution in [0.3, 0.4) is 0 Å². The zero-order chi connectivity index (χ0) is 14.5. The molecule has 0 saturated heterocycles. The zero-order valence-electron chi connectivity index (χ0n) is 11.5. The minimum atomic E-state index is 0.462. The number of hydrogen-bond donors (Lipinski definition) is 0. The van der Waals surface area contributed by atoms with Crippen molar-refractivity contribution in [2.45, 2.75) is 6.61 Å². The van der Waals surface area contributed by atoms with Gasteiger partial charge in [-0.15, -0.1) is 0 Å². The fourth-order valence-electron chi connectivity index (χ4n) is 2.17. The summed E-state index contributed by atoms with van der Waals surface area (Å²) in [7, 11) is 0. The molecule has 0 aliphatic rings. The topological polar surface area (TPSA) is 9.23 Å². The SMILES string of the molecule is Clc1ccc(-c2ccccc2)cc1COc1ccccc1. The Bertz CT molecular complexity index is 708. The average Bonchev–Trinajstić information content (AvgIpc) is 2.56. The van der Waals surface area contributed by atoms with Crippen molar-refractivity contribution >= 4 is 11.6 Å². The maximum atomic E-state index is 6.27. The lowest BCUT2D eigenvalue weighted by molar-refractivity contribution is 0.306. The van der Waals surface area contributed by atoms with E-state index in [0.29, 0.717) is 6.61 Å². The molecule has 0 aliphatic heterocycles. The van der Waals surface area contributed by atoms with Crippen LogP contribution < -0.4 is 4.74 Å². The van der Waals surface area contributed by atoms with Crippen LogP contribution in [-0.4, -0.2) is 0 Å². The van der Waals surface area contributed by atoms with Crippen LogP contribution in [0.5, 0.6) is 5.75 Å². The van der Waals surface area contributed by atoms with E-state index in [1.54, 1.807) is 0 Å². The highest BCUT2D eigenvalue weighted by Gasteiger charge is 2.05. The number of rotatable bonds is 4. The molecular weight excluding hydrogens is 280 g/mol. The van der Waals surface area contributed by atoms with E-state index in [-0.39, 0.29) is 0 Å². The molecule has 3 aromatic carbocycles. The predicted molar refractivity (Wildman–Crippen MR) is 87.7 cm³/mol. The third-order valence-corrected chi connectivity index (χ3v) is 3.66. The highest BCUT2D eigenvalue weighted by Crippen LogP contribution is 2.26. The summed E-state index contributed by atoms with van der Waals surface area (Å²) in [6, 6.07) is 26.1. The molecule has 1 nitrogen and oxygen atoms in total. The van der Waals surface area contributed by atoms with Gasteiger partial charge in [0.25, 0.3) is 0 Å². The summed E-state index contributed by atoms with van der Waals surface area (Å²) >= 11 is 6.27. The van der Waals surface area contributed by atoms with Gasteiger partial charge in [-0.25, -0.2) is 0 Å². The zero-order valence-corrected chi connectivity index (χ0v) is 12.3. The monoisotopic (exact) mass is 294 g/mol. The normalized spacial score (nSPS) is 10.3. The average molecular weight is 295 g/mol. The molecule has 0 heterocycles. The molecule has 3 aromatic rings. The van der Waals surface area contributed by atoms with E-state index in [1.165, 1.54) is 5.56 Å². The third kappa shape index (κ3) is 3.45. The van der Waals surface area contributed by atoms with Crippen LogP contribution in [0.2, 0.25) is 5.02 Å². The largest absolute Gasteiger partial charge is 0.489 e. The van der Waals surface area contributed by atoms with E-state index in [2.05, 4.69) is 18.2 Å². The fourth-order valence-corrected chi connectivity index (χ4v) is 2.35. The molecule has 0 spiro atoms. The van der Waals surface area contributed by atoms with Crippen molar-refractivity contribution in [3.63, 3.8) is 0 Å². The maximum Gasteiger partial charge on any atom is 0.119 e. The second kappa shape index (κ2) is 6.47. The molecule has 0 N–H and O–H groups in total. The highest BCUT2D eigenvalue weighted by molar-refractivity contribution is 6.31. The second-order valence-corrected chi connectivity index (χ2v) is 5.18. The molecule has 0 saturated carbocycles. The van der Waals surface area contributed by atoms with Gasteiger partial charge in [-0.3, -0.25) is 0 Å². The summed E-state index contributed by atoms with van der Waals surface area (Å²) in [5.41, 5.74) is 3.31. The molecule has 0 bridgehead atoms. The molecule has 0 unspecified atom stereocenters. The van der Waals surface area contributed by atoms with Gasteiger partial charge in [0.2, 0.25) is 0 Å². The van der Waals surface area contributed by atoms with Crippen LogP contribution in [0.4, 0.5) is 0 Å². The Morgan fingerprint density at radius 3 is 2.10 bits per heavy atom. The van der Waals surface area contributed by atoms with E-state index in [1.807, 2.05) is 60.7 Å². The van der Waals surface area contributed by atoms with E-state index < -0.39 is 0 Å². The molecule has 2 heteroatoms. The quantitative estimate of drug-likeness (QED) is 0.610. The number of para-hydroxylation sites is 1. The Kier molecular flexibility index (Phi) is 4.23. The first kappa shape index (κ1) is 13.7. The maximum absolute atomic E-state index is 6.27. The summed E-state index contributed by atoms with van der Waals surface area (Å²) in [6.07, 6.45) is 0. The van der Waals surface area contributed by atoms with Crippen molar-refractivity contribution in [2.75, 3.05) is 0 Å². The Hall–Kier alpha value is -2.25. The highest BCUT2D eigenvalue weighted by atomic mass is 35.5. The van der Waals surface area contributed by atoms with Crippen molar-refractivity contribution < 1.29 is 4.74 Å². The number of halogens is 1. The molecular formula is C19H15ClO. The van der Waals surface area contributed by atoms with Crippen molar-refractivity contribution in [1.82, 2.24) is 0 Å². The van der Waals surface area contributed by atoms with Gasteiger partial charge < -0.3 is 4.74 Å². The molecule has 3 rings (SSSR count). The number of hydrogen-bond acceptors (Lipinski definition) is 1. The summed E-state index contributed by atoms with van der Waals surface area (Å²) in [4.78, 5) is 0. The van der Waals surface area contributed by atoms with Crippen LogP contribution in [0, 0.1) is 0 Å². The lowest BCUT2D eigenvalue weighted by Gasteiger charge is -2.10. The molecule has 0 amide bonds. The fraction of sp³-hybridized carbons (Fsp3) is 0.0526. The second-order valence-electron chi connectivity index (χ2n) is 4.77. The van der Waals surface area contributed by atoms with Crippen molar-refractivity contribution in [3.8, 4) is 16.9 Å². The van der Waals surface area contributed by atoms with Crippen LogP contribution in [-0.2, 0) is 6.61 Å². The van der Waals surface area contributed by atoms with Crippen LogP contribution in [0.25, 0.3) is 11.1 Å². The minimum absolute atomic E-state index is 0.462. The molecule has 0 radical (unpaired) electrons. The Morgan fingerprint density at radius 1 is 0.714 bits per heavy atom. The van der Waals surface area contributed by atoms with Crippen LogP contribution in [0.15, 0.2) is 78.9 Å². The predicted octanol–water partition coefficient (Wildman–Crippen LogP) is 5.59. The summed E-state index contributed by atoms with van der Waals surface area (Å²) < 4.78 is 5.78. The van der Waals surface area contributed by atoms with Crippen LogP contribution in [0.1, 0.15) is 5.56 Å². The molecule has 21 heavy (non-hydrogen) atoms. The first-order valence-corrected chi connectivity index (χ1v) is 7.22. The smallest absolute Gasteiger partial charge is 0.119 e. The van der Waals surface area contributed by atoms with Gasteiger partial charge in [0.15, 0.2) is 0 Å². The Labute approximate surface area is 129 Å². The van der Waals surface area contributed by atoms with Gasteiger partial charge in [0.05, 0.1) is 0 Å². The lowest BCUT2D eigenvalue weighted by atomic mass is 10.0. The number of ether oxygens (including phenoxy) is 1. The molecule has 0 aromatic heterocycles. The Balaban J connectivity index is 1.82. The van der Waals surface area contributed by atoms with E-state index >= 15 is 0 Å². The van der Waals surface area contributed by atoms with Crippen molar-refractivity contribution in [2.24, 2.45) is 0 Å². The van der Waals surface area contributed by atoms with Crippen molar-refractivity contribution in [1.29, 1.82) is 0 Å². The molecule has 104 valence electrons. The standard InChI is InChI=1S/C19H15ClO/c20-19-12-11-16(15-7-3-1-4-8-15)13-17(19)14-21-18-9-5-2-6-10-18/h1-13H,14H2. The minimum Gasteiger partial charge on any atom is -0.489 e. The van der Waals surface area contributed by atoms with Gasteiger partial charge >= 0.3 is 0 Å². The van der Waals surface area contributed by atoms with Gasteiger partial charge in [-0.2, -0.15) is 0 Å². The van der Waals surface area contributed by atoms with Crippen LogP contribution >= 0.6 is 11.6 Å². The van der Waals surface area contributed by atoms with E-state index in [4.69, 9.17) is 16.3 Å². The summed E-state index contributed by atoms with van der Waals surface area (Å²) in [6.45, 7) is 0.462. The summed E-state index contributed by atoms with van der Waals surface area (Å²) in [5.74, 6) is 0.846. The van der Waals surface area contributed by atoms with E-state index in [0.717, 1.165) is 21.9 Å².